The molecule has 0 saturated heterocycles. The number of benzene rings is 3. The van der Waals surface area contributed by atoms with Crippen LogP contribution in [0.4, 0.5) is 0 Å². The van der Waals surface area contributed by atoms with Gasteiger partial charge in [0.05, 0.1) is 23.2 Å². The van der Waals surface area contributed by atoms with Crippen molar-refractivity contribution in [2.75, 3.05) is 6.61 Å². The molecule has 0 radical (unpaired) electrons. The number of carbonyl (C=O) groups is 1. The van der Waals surface area contributed by atoms with Gasteiger partial charge in [-0.15, -0.1) is 0 Å². The third-order valence-corrected chi connectivity index (χ3v) is 9.35. The van der Waals surface area contributed by atoms with Crippen LogP contribution in [0.25, 0.3) is 32.9 Å². The predicted octanol–water partition coefficient (Wildman–Crippen LogP) is 7.79. The molecule has 5 aromatic rings. The van der Waals surface area contributed by atoms with Crippen molar-refractivity contribution in [3.05, 3.63) is 105 Å². The Morgan fingerprint density at radius 3 is 2.56 bits per heavy atom. The molecule has 230 valence electrons. The van der Waals surface area contributed by atoms with Crippen molar-refractivity contribution in [1.82, 2.24) is 9.97 Å². The maximum absolute atomic E-state index is 13.1. The van der Waals surface area contributed by atoms with E-state index < -0.39 is 17.7 Å². The first-order valence-corrected chi connectivity index (χ1v) is 15.8. The molecule has 0 unspecified atom stereocenters. The molecule has 3 heterocycles. The number of nitrogens with zero attached hydrogens (tertiary/aromatic N) is 1. The van der Waals surface area contributed by atoms with E-state index in [1.54, 1.807) is 12.3 Å². The minimum Gasteiger partial charge on any atom is -0.493 e. The number of aromatic nitrogens is 2. The second kappa shape index (κ2) is 11.1. The minimum atomic E-state index is -1.27. The fraction of sp³-hybridized carbons (Fsp3) is 0.342. The van der Waals surface area contributed by atoms with E-state index in [0.29, 0.717) is 35.6 Å². The van der Waals surface area contributed by atoms with Crippen LogP contribution in [0.15, 0.2) is 65.6 Å². The molecule has 2 N–H and O–H groups in total. The highest BCUT2D eigenvalue weighted by Gasteiger charge is 2.34. The number of aliphatic carboxylic acids is 1. The highest BCUT2D eigenvalue weighted by molar-refractivity contribution is 6.09. The monoisotopic (exact) mass is 602 g/mol. The summed E-state index contributed by atoms with van der Waals surface area (Å²) in [6.45, 7) is 8.13. The first-order chi connectivity index (χ1) is 21.6. The standard InChI is InChI=1S/C38H38N2O5/c1-21-28(20-22-8-10-24(11-9-22)23-6-5-7-23)34-26(13-15-30(41)40-34)33(31(21)36(37(42)43)45-38(2,3)4)27-12-14-29-32-25(17-19-44-29)16-18-39-35(27)32/h8-16,18,23,36H,5-7,17,19-20H2,1-4H3,(H,40,41)(H,42,43)/t36-/m0/s1. The number of pyridine rings is 2. The van der Waals surface area contributed by atoms with E-state index in [9.17, 15) is 14.7 Å². The number of rotatable bonds is 7. The van der Waals surface area contributed by atoms with Crippen LogP contribution >= 0.6 is 0 Å². The van der Waals surface area contributed by atoms with Gasteiger partial charge in [-0.1, -0.05) is 30.7 Å². The summed E-state index contributed by atoms with van der Waals surface area (Å²) in [5, 5.41) is 12.4. The molecular weight excluding hydrogens is 564 g/mol. The summed E-state index contributed by atoms with van der Waals surface area (Å²) in [6.07, 6.45) is 5.57. The first kappa shape index (κ1) is 29.2. The molecule has 1 saturated carbocycles. The Balaban J connectivity index is 1.52. The van der Waals surface area contributed by atoms with E-state index in [1.807, 2.05) is 45.9 Å². The van der Waals surface area contributed by atoms with Crippen molar-refractivity contribution in [3.63, 3.8) is 0 Å². The number of hydrogen-bond acceptors (Lipinski definition) is 5. The van der Waals surface area contributed by atoms with Gasteiger partial charge >= 0.3 is 5.97 Å². The van der Waals surface area contributed by atoms with E-state index in [0.717, 1.165) is 56.3 Å². The number of fused-ring (bicyclic) bond motifs is 1. The van der Waals surface area contributed by atoms with Crippen molar-refractivity contribution in [2.45, 2.75) is 77.4 Å². The van der Waals surface area contributed by atoms with Gasteiger partial charge in [-0.05, 0) is 111 Å². The Morgan fingerprint density at radius 2 is 1.87 bits per heavy atom. The molecule has 3 aromatic carbocycles. The lowest BCUT2D eigenvalue weighted by atomic mass is 9.79. The van der Waals surface area contributed by atoms with E-state index in [4.69, 9.17) is 14.5 Å². The van der Waals surface area contributed by atoms with E-state index in [2.05, 4.69) is 29.2 Å². The zero-order valence-corrected chi connectivity index (χ0v) is 26.2. The predicted molar refractivity (Wildman–Crippen MR) is 176 cm³/mol. The van der Waals surface area contributed by atoms with Crippen LogP contribution in [0, 0.1) is 6.92 Å². The van der Waals surface area contributed by atoms with Crippen LogP contribution in [-0.2, 0) is 22.4 Å². The van der Waals surface area contributed by atoms with E-state index >= 15 is 0 Å². The van der Waals surface area contributed by atoms with E-state index in [-0.39, 0.29) is 5.56 Å². The van der Waals surface area contributed by atoms with Gasteiger partial charge in [0, 0.05) is 40.6 Å². The molecule has 7 nitrogen and oxygen atoms in total. The molecule has 0 bridgehead atoms. The summed E-state index contributed by atoms with van der Waals surface area (Å²) in [7, 11) is 0. The van der Waals surface area contributed by atoms with Gasteiger partial charge in [0.2, 0.25) is 5.56 Å². The average Bonchev–Trinajstić information content (AvgIpc) is 2.97. The molecule has 1 fully saturated rings. The number of ether oxygens (including phenoxy) is 2. The normalized spacial score (nSPS) is 15.6. The van der Waals surface area contributed by atoms with Crippen molar-refractivity contribution in [1.29, 1.82) is 0 Å². The zero-order valence-electron chi connectivity index (χ0n) is 26.2. The average molecular weight is 603 g/mol. The van der Waals surface area contributed by atoms with Crippen LogP contribution < -0.4 is 10.3 Å². The van der Waals surface area contributed by atoms with Gasteiger partial charge in [0.25, 0.3) is 0 Å². The molecule has 1 aliphatic heterocycles. The van der Waals surface area contributed by atoms with Gasteiger partial charge in [-0.2, -0.15) is 0 Å². The molecule has 45 heavy (non-hydrogen) atoms. The van der Waals surface area contributed by atoms with Crippen molar-refractivity contribution >= 4 is 27.8 Å². The molecule has 1 atom stereocenters. The summed E-state index contributed by atoms with van der Waals surface area (Å²) in [5.41, 5.74) is 7.75. The second-order valence-electron chi connectivity index (χ2n) is 13.4. The maximum atomic E-state index is 13.1. The number of H-pyrrole nitrogens is 1. The summed E-state index contributed by atoms with van der Waals surface area (Å²) >= 11 is 0. The highest BCUT2D eigenvalue weighted by Crippen LogP contribution is 2.46. The second-order valence-corrected chi connectivity index (χ2v) is 13.4. The lowest BCUT2D eigenvalue weighted by Crippen LogP contribution is -2.28. The molecular formula is C38H38N2O5. The molecule has 2 aromatic heterocycles. The first-order valence-electron chi connectivity index (χ1n) is 15.8. The van der Waals surface area contributed by atoms with Crippen molar-refractivity contribution in [2.24, 2.45) is 0 Å². The summed E-state index contributed by atoms with van der Waals surface area (Å²) in [4.78, 5) is 33.9. The van der Waals surface area contributed by atoms with Gasteiger partial charge in [0.1, 0.15) is 5.75 Å². The Morgan fingerprint density at radius 1 is 1.09 bits per heavy atom. The van der Waals surface area contributed by atoms with Crippen LogP contribution in [0.2, 0.25) is 0 Å². The van der Waals surface area contributed by atoms with Crippen molar-refractivity contribution < 1.29 is 19.4 Å². The molecule has 0 amide bonds. The SMILES string of the molecule is Cc1c([C@H](OC(C)(C)C)C(=O)O)c(-c2ccc3c4c(ccnc24)CCO3)c2ccc(=O)[nH]c2c1Cc1ccc(C2CCC2)cc1. The Hall–Kier alpha value is -4.49. The topological polar surface area (TPSA) is 102 Å². The summed E-state index contributed by atoms with van der Waals surface area (Å²) < 4.78 is 12.4. The minimum absolute atomic E-state index is 0.216. The van der Waals surface area contributed by atoms with Gasteiger partial charge in [-0.25, -0.2) is 4.79 Å². The van der Waals surface area contributed by atoms with Crippen LogP contribution in [0.3, 0.4) is 0 Å². The number of hydrogen-bond donors (Lipinski definition) is 2. The molecule has 2 aliphatic rings. The fourth-order valence-electron chi connectivity index (χ4n) is 6.99. The maximum Gasteiger partial charge on any atom is 0.337 e. The number of nitrogens with one attached hydrogen (secondary N) is 1. The van der Waals surface area contributed by atoms with E-state index in [1.165, 1.54) is 30.9 Å². The van der Waals surface area contributed by atoms with Gasteiger partial charge in [-0.3, -0.25) is 9.78 Å². The molecule has 0 spiro atoms. The summed E-state index contributed by atoms with van der Waals surface area (Å²) in [5.74, 6) is 0.324. The van der Waals surface area contributed by atoms with Crippen molar-refractivity contribution in [3.8, 4) is 16.9 Å². The smallest absolute Gasteiger partial charge is 0.337 e. The number of carboxylic acid groups (broad SMARTS) is 1. The fourth-order valence-corrected chi connectivity index (χ4v) is 6.99. The third kappa shape index (κ3) is 5.29. The highest BCUT2D eigenvalue weighted by atomic mass is 16.5. The number of carboxylic acids is 1. The van der Waals surface area contributed by atoms with Crippen LogP contribution in [-0.4, -0.2) is 33.3 Å². The molecule has 1 aliphatic carbocycles. The number of aromatic amines is 1. The lowest BCUT2D eigenvalue weighted by Gasteiger charge is -2.30. The van der Waals surface area contributed by atoms with Gasteiger partial charge in [0.15, 0.2) is 6.10 Å². The lowest BCUT2D eigenvalue weighted by molar-refractivity contribution is -0.160. The molecule has 7 heteroatoms. The largest absolute Gasteiger partial charge is 0.493 e. The Labute approximate surface area is 262 Å². The molecule has 7 rings (SSSR count). The van der Waals surface area contributed by atoms with Crippen LogP contribution in [0.1, 0.15) is 85.4 Å². The zero-order chi connectivity index (χ0) is 31.5. The Kier molecular flexibility index (Phi) is 7.24. The summed E-state index contributed by atoms with van der Waals surface area (Å²) in [6, 6.07) is 18.0. The Bertz CT molecular complexity index is 2010. The van der Waals surface area contributed by atoms with Crippen LogP contribution in [0.5, 0.6) is 5.75 Å². The third-order valence-electron chi connectivity index (χ3n) is 9.35. The van der Waals surface area contributed by atoms with Gasteiger partial charge < -0.3 is 19.6 Å². The quantitative estimate of drug-likeness (QED) is 0.197.